The normalized spacial score (nSPS) is 21.6. The Kier molecular flexibility index (Phi) is 15.9. The van der Waals surface area contributed by atoms with Crippen LogP contribution in [-0.2, 0) is 24.0 Å². The molecule has 3 aliphatic rings. The van der Waals surface area contributed by atoms with Crippen molar-refractivity contribution in [2.24, 2.45) is 35.0 Å². The second-order valence-corrected chi connectivity index (χ2v) is 18.3. The van der Waals surface area contributed by atoms with Crippen LogP contribution in [0.25, 0.3) is 0 Å². The van der Waals surface area contributed by atoms with Gasteiger partial charge in [-0.1, -0.05) is 123 Å². The van der Waals surface area contributed by atoms with Crippen LogP contribution in [0.1, 0.15) is 159 Å². The van der Waals surface area contributed by atoms with Crippen LogP contribution < -0.4 is 5.32 Å². The minimum Gasteiger partial charge on any atom is -0.344 e. The summed E-state index contributed by atoms with van der Waals surface area (Å²) in [5.74, 6) is -3.28. The molecule has 0 bridgehead atoms. The van der Waals surface area contributed by atoms with E-state index < -0.39 is 40.9 Å². The average Bonchev–Trinajstić information content (AvgIpc) is 3.67. The van der Waals surface area contributed by atoms with Crippen LogP contribution in [0.2, 0.25) is 0 Å². The molecule has 1 N–H and O–H groups in total. The lowest BCUT2D eigenvalue weighted by molar-refractivity contribution is -0.146. The van der Waals surface area contributed by atoms with Gasteiger partial charge in [-0.2, -0.15) is 0 Å². The van der Waals surface area contributed by atoms with E-state index in [1.165, 1.54) is 18.6 Å². The highest BCUT2D eigenvalue weighted by Crippen LogP contribution is 2.41. The van der Waals surface area contributed by atoms with E-state index in [1.807, 2.05) is 65.0 Å². The van der Waals surface area contributed by atoms with Gasteiger partial charge in [0.2, 0.25) is 17.6 Å². The summed E-state index contributed by atoms with van der Waals surface area (Å²) < 4.78 is 0. The number of hydrogen-bond donors (Lipinski definition) is 1. The second-order valence-electron chi connectivity index (χ2n) is 18.3. The predicted octanol–water partition coefficient (Wildman–Crippen LogP) is 8.28. The molecule has 57 heavy (non-hydrogen) atoms. The largest absolute Gasteiger partial charge is 0.344 e. The van der Waals surface area contributed by atoms with Gasteiger partial charge in [0.15, 0.2) is 17.3 Å². The molecule has 1 aromatic carbocycles. The molecular weight excluding hydrogens is 717 g/mol. The summed E-state index contributed by atoms with van der Waals surface area (Å²) in [6.07, 6.45) is 16.1. The predicted molar refractivity (Wildman–Crippen MR) is 220 cm³/mol. The zero-order valence-electron chi connectivity index (χ0n) is 35.0. The number of nitrogens with one attached hydrogen (secondary N) is 1. The third-order valence-electron chi connectivity index (χ3n) is 13.1. The smallest absolute Gasteiger partial charge is 0.246 e. The van der Waals surface area contributed by atoms with Gasteiger partial charge in [-0.25, -0.2) is 4.98 Å². The fourth-order valence-corrected chi connectivity index (χ4v) is 9.90. The Balaban J connectivity index is 1.38. The molecule has 3 fully saturated rings. The molecular formula is C47H66N4O6. The lowest BCUT2D eigenvalue weighted by atomic mass is 9.74. The Morgan fingerprint density at radius 2 is 1.51 bits per heavy atom. The number of Topliss-reactive ketones (excluding diaryl/α,β-unsaturated/α-hetero) is 4. The van der Waals surface area contributed by atoms with Crippen LogP contribution in [0.5, 0.6) is 0 Å². The second kappa shape index (κ2) is 20.6. The fraction of sp³-hybridized carbons (Fsp3) is 0.660. The Bertz CT molecular complexity index is 1680. The molecule has 0 radical (unpaired) electrons. The summed E-state index contributed by atoms with van der Waals surface area (Å²) in [6, 6.07) is 7.98. The molecule has 0 spiro atoms. The summed E-state index contributed by atoms with van der Waals surface area (Å²) in [5, 5.41) is 3.14. The molecule has 2 heterocycles. The standard InChI is InChI=1S/C47H66N4O6/c1-6-16-35(43(55)41(54)27-31(2)32-17-10-7-11-18-32)28-40(53)42-36(33-19-12-8-13-20-33)23-26-51(42)46(57)44(47(3,4)5)50-45(56)37(34-21-14-9-15-22-34)29-39(52)38-30-48-24-25-49-38/h7,10-11,17-18,24-25,30-31,33-37,42,44H,6,8-9,12-16,19-23,26-29H2,1-5H3,(H,50,56)/t31-,35?,36-,37+,42+,44-/m1/s1. The summed E-state index contributed by atoms with van der Waals surface area (Å²) in [5.41, 5.74) is 0.492. The Morgan fingerprint density at radius 3 is 2.12 bits per heavy atom. The van der Waals surface area contributed by atoms with Crippen molar-refractivity contribution < 1.29 is 28.8 Å². The molecule has 2 saturated carbocycles. The highest BCUT2D eigenvalue weighted by atomic mass is 16.2. The van der Waals surface area contributed by atoms with E-state index in [0.29, 0.717) is 25.8 Å². The van der Waals surface area contributed by atoms with Crippen LogP contribution in [-0.4, -0.2) is 68.4 Å². The third kappa shape index (κ3) is 11.5. The molecule has 6 atom stereocenters. The molecule has 2 aromatic rings. The van der Waals surface area contributed by atoms with Gasteiger partial charge in [0, 0.05) is 50.0 Å². The Labute approximate surface area is 340 Å². The van der Waals surface area contributed by atoms with Crippen molar-refractivity contribution in [2.45, 2.75) is 155 Å². The van der Waals surface area contributed by atoms with Crippen LogP contribution >= 0.6 is 0 Å². The maximum atomic E-state index is 15.0. The molecule has 5 rings (SSSR count). The van der Waals surface area contributed by atoms with E-state index in [4.69, 9.17) is 0 Å². The van der Waals surface area contributed by atoms with E-state index in [-0.39, 0.29) is 72.0 Å². The molecule has 1 aromatic heterocycles. The first-order valence-electron chi connectivity index (χ1n) is 21.8. The van der Waals surface area contributed by atoms with Gasteiger partial charge >= 0.3 is 0 Å². The number of ketones is 4. The number of amides is 2. The summed E-state index contributed by atoms with van der Waals surface area (Å²) >= 11 is 0. The number of rotatable bonds is 18. The van der Waals surface area contributed by atoms with Gasteiger partial charge in [-0.3, -0.25) is 33.8 Å². The van der Waals surface area contributed by atoms with E-state index in [1.54, 1.807) is 4.90 Å². The monoisotopic (exact) mass is 782 g/mol. The SMILES string of the molecule is CCCC(CC(=O)[C@@H]1[C@@H](C2CCCCC2)CCN1C(=O)[C@@H](NC(=O)[C@@H](CC(=O)c1cnccn1)C1CCCCC1)C(C)(C)C)C(=O)C(=O)C[C@@H](C)c1ccccc1. The van der Waals surface area contributed by atoms with Gasteiger partial charge in [-0.05, 0) is 60.3 Å². The fourth-order valence-electron chi connectivity index (χ4n) is 9.90. The molecule has 2 amide bonds. The van der Waals surface area contributed by atoms with Crippen molar-refractivity contribution in [2.75, 3.05) is 6.54 Å². The maximum absolute atomic E-state index is 15.0. The van der Waals surface area contributed by atoms with Gasteiger partial charge in [0.25, 0.3) is 0 Å². The first kappa shape index (κ1) is 44.0. The molecule has 1 saturated heterocycles. The number of aromatic nitrogens is 2. The van der Waals surface area contributed by atoms with Gasteiger partial charge in [0.1, 0.15) is 11.7 Å². The van der Waals surface area contributed by atoms with Crippen LogP contribution in [0.4, 0.5) is 0 Å². The third-order valence-corrected chi connectivity index (χ3v) is 13.1. The Morgan fingerprint density at radius 1 is 0.842 bits per heavy atom. The summed E-state index contributed by atoms with van der Waals surface area (Å²) in [6.45, 7) is 10.0. The highest BCUT2D eigenvalue weighted by molar-refractivity contribution is 6.38. The number of likely N-dealkylation sites (tertiary alicyclic amines) is 1. The maximum Gasteiger partial charge on any atom is 0.246 e. The van der Waals surface area contributed by atoms with Gasteiger partial charge in [0.05, 0.1) is 12.2 Å². The molecule has 310 valence electrons. The summed E-state index contributed by atoms with van der Waals surface area (Å²) in [4.78, 5) is 94.8. The number of benzene rings is 1. The van der Waals surface area contributed by atoms with Gasteiger partial charge in [-0.15, -0.1) is 0 Å². The lowest BCUT2D eigenvalue weighted by Gasteiger charge is -2.39. The van der Waals surface area contributed by atoms with Crippen molar-refractivity contribution in [3.05, 3.63) is 60.2 Å². The quantitative estimate of drug-likeness (QED) is 0.118. The molecule has 10 heteroatoms. The van der Waals surface area contributed by atoms with Crippen molar-refractivity contribution in [3.63, 3.8) is 0 Å². The van der Waals surface area contributed by atoms with Gasteiger partial charge < -0.3 is 10.2 Å². The zero-order valence-corrected chi connectivity index (χ0v) is 35.0. The van der Waals surface area contributed by atoms with Crippen LogP contribution in [0.3, 0.4) is 0 Å². The van der Waals surface area contributed by atoms with E-state index in [0.717, 1.165) is 69.8 Å². The molecule has 2 aliphatic carbocycles. The van der Waals surface area contributed by atoms with E-state index in [2.05, 4.69) is 15.3 Å². The molecule has 1 aliphatic heterocycles. The number of hydrogen-bond acceptors (Lipinski definition) is 8. The van der Waals surface area contributed by atoms with Crippen molar-refractivity contribution >= 4 is 34.9 Å². The topological polar surface area (TPSA) is 143 Å². The average molecular weight is 783 g/mol. The van der Waals surface area contributed by atoms with Crippen LogP contribution in [0, 0.1) is 35.0 Å². The number of carbonyl (C=O) groups excluding carboxylic acids is 6. The zero-order chi connectivity index (χ0) is 41.1. The van der Waals surface area contributed by atoms with E-state index in [9.17, 15) is 28.8 Å². The highest BCUT2D eigenvalue weighted by Gasteiger charge is 2.49. The van der Waals surface area contributed by atoms with Crippen molar-refractivity contribution in [1.82, 2.24) is 20.2 Å². The first-order chi connectivity index (χ1) is 27.3. The van der Waals surface area contributed by atoms with Crippen molar-refractivity contribution in [1.29, 1.82) is 0 Å². The number of carbonyl (C=O) groups is 6. The van der Waals surface area contributed by atoms with E-state index >= 15 is 0 Å². The van der Waals surface area contributed by atoms with Crippen LogP contribution in [0.15, 0.2) is 48.9 Å². The molecule has 1 unspecified atom stereocenters. The Hall–Kier alpha value is -4.08. The minimum absolute atomic E-state index is 0.00156. The summed E-state index contributed by atoms with van der Waals surface area (Å²) in [7, 11) is 0. The lowest BCUT2D eigenvalue weighted by Crippen LogP contribution is -2.59. The molecule has 10 nitrogen and oxygen atoms in total. The first-order valence-corrected chi connectivity index (χ1v) is 21.8. The number of nitrogens with zero attached hydrogens (tertiary/aromatic N) is 3. The van der Waals surface area contributed by atoms with Crippen molar-refractivity contribution in [3.8, 4) is 0 Å². The minimum atomic E-state index is -0.947.